The molecule has 2 aromatic carbocycles. The first-order valence-corrected chi connectivity index (χ1v) is 7.85. The number of methoxy groups -OCH3 is 1. The summed E-state index contributed by atoms with van der Waals surface area (Å²) < 4.78 is 5.40. The summed E-state index contributed by atoms with van der Waals surface area (Å²) in [5.41, 5.74) is 1.72. The maximum atomic E-state index is 12.4. The molecule has 0 aliphatic heterocycles. The average Bonchev–Trinajstić information content (AvgIpc) is 2.58. The van der Waals surface area contributed by atoms with Gasteiger partial charge in [0.2, 0.25) is 0 Å². The lowest BCUT2D eigenvalue weighted by Crippen LogP contribution is -2.47. The number of rotatable bonds is 5. The third-order valence-corrected chi connectivity index (χ3v) is 4.41. The fourth-order valence-electron chi connectivity index (χ4n) is 2.80. The van der Waals surface area contributed by atoms with Crippen molar-refractivity contribution in [1.29, 1.82) is 0 Å². The Morgan fingerprint density at radius 3 is 2.57 bits per heavy atom. The van der Waals surface area contributed by atoms with Crippen molar-refractivity contribution in [2.75, 3.05) is 13.7 Å². The molecule has 0 aromatic heterocycles. The molecule has 0 radical (unpaired) electrons. The first-order chi connectivity index (χ1) is 11.1. The number of hydrogen-bond donors (Lipinski definition) is 2. The van der Waals surface area contributed by atoms with Gasteiger partial charge in [0.1, 0.15) is 5.75 Å². The van der Waals surface area contributed by atoms with Gasteiger partial charge in [-0.2, -0.15) is 0 Å². The molecule has 2 aromatic rings. The zero-order valence-corrected chi connectivity index (χ0v) is 13.2. The zero-order chi connectivity index (χ0) is 16.3. The van der Waals surface area contributed by atoms with E-state index in [-0.39, 0.29) is 5.91 Å². The van der Waals surface area contributed by atoms with Crippen molar-refractivity contribution in [2.24, 2.45) is 0 Å². The molecule has 4 nitrogen and oxygen atoms in total. The number of aliphatic hydroxyl groups is 1. The van der Waals surface area contributed by atoms with Crippen LogP contribution in [-0.4, -0.2) is 30.3 Å². The van der Waals surface area contributed by atoms with Crippen LogP contribution in [0, 0.1) is 0 Å². The molecule has 0 saturated heterocycles. The Morgan fingerprint density at radius 1 is 1.22 bits per heavy atom. The third-order valence-electron chi connectivity index (χ3n) is 4.41. The van der Waals surface area contributed by atoms with Crippen molar-refractivity contribution >= 4 is 5.91 Å². The van der Waals surface area contributed by atoms with E-state index >= 15 is 0 Å². The summed E-state index contributed by atoms with van der Waals surface area (Å²) in [7, 11) is 1.62. The molecule has 0 heterocycles. The molecular formula is C19H21NO3. The van der Waals surface area contributed by atoms with Gasteiger partial charge in [0, 0.05) is 17.7 Å². The molecule has 1 amide bonds. The summed E-state index contributed by atoms with van der Waals surface area (Å²) in [6.07, 6.45) is 2.53. The average molecular weight is 311 g/mol. The minimum atomic E-state index is -0.718. The number of amides is 1. The molecule has 1 aliphatic rings. The molecule has 2 N–H and O–H groups in total. The zero-order valence-electron chi connectivity index (χ0n) is 13.2. The minimum Gasteiger partial charge on any atom is -0.496 e. The van der Waals surface area contributed by atoms with Crippen LogP contribution >= 0.6 is 0 Å². The molecule has 0 atom stereocenters. The molecule has 4 heteroatoms. The van der Waals surface area contributed by atoms with E-state index < -0.39 is 5.60 Å². The van der Waals surface area contributed by atoms with E-state index in [1.807, 2.05) is 36.4 Å². The molecule has 0 bridgehead atoms. The second kappa shape index (κ2) is 6.42. The Kier molecular flexibility index (Phi) is 4.35. The van der Waals surface area contributed by atoms with Crippen molar-refractivity contribution in [1.82, 2.24) is 5.32 Å². The van der Waals surface area contributed by atoms with E-state index in [4.69, 9.17) is 4.74 Å². The molecular weight excluding hydrogens is 290 g/mol. The highest BCUT2D eigenvalue weighted by Crippen LogP contribution is 2.32. The van der Waals surface area contributed by atoms with Gasteiger partial charge in [-0.3, -0.25) is 4.79 Å². The van der Waals surface area contributed by atoms with Gasteiger partial charge in [0.05, 0.1) is 12.7 Å². The Hall–Kier alpha value is -2.33. The molecule has 0 unspecified atom stereocenters. The molecule has 3 rings (SSSR count). The number of ether oxygens (including phenoxy) is 1. The highest BCUT2D eigenvalue weighted by atomic mass is 16.5. The second-order valence-electron chi connectivity index (χ2n) is 6.04. The highest BCUT2D eigenvalue weighted by Gasteiger charge is 2.34. The molecule has 1 aliphatic carbocycles. The fourth-order valence-corrected chi connectivity index (χ4v) is 2.80. The van der Waals surface area contributed by atoms with Crippen LogP contribution in [0.3, 0.4) is 0 Å². The predicted molar refractivity (Wildman–Crippen MR) is 89.6 cm³/mol. The van der Waals surface area contributed by atoms with E-state index in [2.05, 4.69) is 5.32 Å². The standard InChI is InChI=1S/C19H21NO3/c1-23-17-9-8-15(12-16(17)14-6-3-2-4-7-14)18(21)20-13-19(22)10-5-11-19/h2-4,6-9,12,22H,5,10-11,13H2,1H3,(H,20,21). The van der Waals surface area contributed by atoms with E-state index in [1.54, 1.807) is 19.2 Å². The first-order valence-electron chi connectivity index (χ1n) is 7.85. The topological polar surface area (TPSA) is 58.6 Å². The maximum absolute atomic E-state index is 12.4. The SMILES string of the molecule is COc1ccc(C(=O)NCC2(O)CCC2)cc1-c1ccccc1. The Morgan fingerprint density at radius 2 is 1.96 bits per heavy atom. The highest BCUT2D eigenvalue weighted by molar-refractivity contribution is 5.96. The lowest BCUT2D eigenvalue weighted by molar-refractivity contribution is -0.0300. The van der Waals surface area contributed by atoms with Crippen molar-refractivity contribution in [3.63, 3.8) is 0 Å². The van der Waals surface area contributed by atoms with Crippen molar-refractivity contribution in [2.45, 2.75) is 24.9 Å². The van der Waals surface area contributed by atoms with Gasteiger partial charge in [-0.05, 0) is 43.0 Å². The summed E-state index contributed by atoms with van der Waals surface area (Å²) in [5.74, 6) is 0.551. The molecule has 1 fully saturated rings. The van der Waals surface area contributed by atoms with Crippen molar-refractivity contribution in [3.8, 4) is 16.9 Å². The number of carbonyl (C=O) groups is 1. The molecule has 0 spiro atoms. The number of nitrogens with one attached hydrogen (secondary N) is 1. The van der Waals surface area contributed by atoms with Crippen LogP contribution in [0.2, 0.25) is 0 Å². The largest absolute Gasteiger partial charge is 0.496 e. The lowest BCUT2D eigenvalue weighted by Gasteiger charge is -2.36. The third kappa shape index (κ3) is 3.37. The molecule has 23 heavy (non-hydrogen) atoms. The molecule has 1 saturated carbocycles. The van der Waals surface area contributed by atoms with Crippen LogP contribution in [0.15, 0.2) is 48.5 Å². The minimum absolute atomic E-state index is 0.176. The summed E-state index contributed by atoms with van der Waals surface area (Å²) in [4.78, 5) is 12.4. The van der Waals surface area contributed by atoms with Crippen LogP contribution < -0.4 is 10.1 Å². The number of carbonyl (C=O) groups excluding carboxylic acids is 1. The van der Waals surface area contributed by atoms with Gasteiger partial charge in [-0.25, -0.2) is 0 Å². The summed E-state index contributed by atoms with van der Waals surface area (Å²) >= 11 is 0. The van der Waals surface area contributed by atoms with Crippen LogP contribution in [0.25, 0.3) is 11.1 Å². The van der Waals surface area contributed by atoms with Gasteiger partial charge >= 0.3 is 0 Å². The summed E-state index contributed by atoms with van der Waals surface area (Å²) in [5, 5.41) is 12.9. The Bertz CT molecular complexity index is 693. The Labute approximate surface area is 136 Å². The van der Waals surface area contributed by atoms with E-state index in [9.17, 15) is 9.90 Å². The Balaban J connectivity index is 1.81. The monoisotopic (exact) mass is 311 g/mol. The quantitative estimate of drug-likeness (QED) is 0.892. The van der Waals surface area contributed by atoms with Gasteiger partial charge in [-0.15, -0.1) is 0 Å². The normalized spacial score (nSPS) is 15.6. The van der Waals surface area contributed by atoms with Gasteiger partial charge in [-0.1, -0.05) is 30.3 Å². The van der Waals surface area contributed by atoms with E-state index in [0.29, 0.717) is 12.1 Å². The van der Waals surface area contributed by atoms with Crippen LogP contribution in [0.4, 0.5) is 0 Å². The summed E-state index contributed by atoms with van der Waals surface area (Å²) in [6.45, 7) is 0.304. The van der Waals surface area contributed by atoms with Gasteiger partial charge in [0.25, 0.3) is 5.91 Å². The van der Waals surface area contributed by atoms with E-state index in [1.165, 1.54) is 0 Å². The van der Waals surface area contributed by atoms with Crippen molar-refractivity contribution < 1.29 is 14.6 Å². The fraction of sp³-hybridized carbons (Fsp3) is 0.316. The second-order valence-corrected chi connectivity index (χ2v) is 6.04. The number of hydrogen-bond acceptors (Lipinski definition) is 3. The van der Waals surface area contributed by atoms with Gasteiger partial charge < -0.3 is 15.2 Å². The number of benzene rings is 2. The van der Waals surface area contributed by atoms with Crippen LogP contribution in [0.1, 0.15) is 29.6 Å². The van der Waals surface area contributed by atoms with Crippen LogP contribution in [-0.2, 0) is 0 Å². The first kappa shape index (κ1) is 15.6. The summed E-state index contributed by atoms with van der Waals surface area (Å²) in [6, 6.07) is 15.2. The van der Waals surface area contributed by atoms with E-state index in [0.717, 1.165) is 36.1 Å². The van der Waals surface area contributed by atoms with Crippen LogP contribution in [0.5, 0.6) is 5.75 Å². The molecule has 120 valence electrons. The van der Waals surface area contributed by atoms with Gasteiger partial charge in [0.15, 0.2) is 0 Å². The maximum Gasteiger partial charge on any atom is 0.251 e. The van der Waals surface area contributed by atoms with Crippen molar-refractivity contribution in [3.05, 3.63) is 54.1 Å². The predicted octanol–water partition coefficient (Wildman–Crippen LogP) is 3.01. The smallest absolute Gasteiger partial charge is 0.251 e. The lowest BCUT2D eigenvalue weighted by atomic mass is 9.80.